The minimum Gasteiger partial charge on any atom is -0.376 e. The van der Waals surface area contributed by atoms with Crippen molar-refractivity contribution >= 4 is 35.0 Å². The molecule has 0 bridgehead atoms. The molecule has 154 valence electrons. The quantitative estimate of drug-likeness (QED) is 0.733. The number of rotatable bonds is 3. The van der Waals surface area contributed by atoms with Crippen molar-refractivity contribution in [1.29, 1.82) is 0 Å². The molecule has 1 aromatic rings. The van der Waals surface area contributed by atoms with E-state index in [2.05, 4.69) is 10.6 Å². The lowest BCUT2D eigenvalue weighted by Crippen LogP contribution is -2.54. The van der Waals surface area contributed by atoms with Crippen LogP contribution in [0.25, 0.3) is 0 Å². The maximum atomic E-state index is 13.6. The number of carbonyl (C=O) groups excluding carboxylic acids is 3. The van der Waals surface area contributed by atoms with Crippen molar-refractivity contribution in [3.8, 4) is 0 Å². The summed E-state index contributed by atoms with van der Waals surface area (Å²) in [6, 6.07) is 4.88. The molecule has 0 radical (unpaired) electrons. The molecule has 3 saturated heterocycles. The van der Waals surface area contributed by atoms with E-state index in [9.17, 15) is 14.4 Å². The summed E-state index contributed by atoms with van der Waals surface area (Å²) in [4.78, 5) is 41.5. The summed E-state index contributed by atoms with van der Waals surface area (Å²) in [5.74, 6) is -2.11. The number of amides is 3. The van der Waals surface area contributed by atoms with Gasteiger partial charge in [0.2, 0.25) is 17.7 Å². The highest BCUT2D eigenvalue weighted by molar-refractivity contribution is 6.31. The number of hydrogen-bond donors (Lipinski definition) is 2. The van der Waals surface area contributed by atoms with Gasteiger partial charge in [-0.15, -0.1) is 0 Å². The summed E-state index contributed by atoms with van der Waals surface area (Å²) in [6.07, 6.45) is 1.65. The Hall–Kier alpha value is -1.96. The van der Waals surface area contributed by atoms with Gasteiger partial charge in [-0.25, -0.2) is 0 Å². The molecule has 0 aromatic heterocycles. The van der Waals surface area contributed by atoms with Gasteiger partial charge in [0.05, 0.1) is 24.5 Å². The largest absolute Gasteiger partial charge is 0.376 e. The van der Waals surface area contributed by atoms with E-state index in [1.54, 1.807) is 18.2 Å². The standard InChI is InChI=1S/C21H24ClN3O4/c1-10(2)17-15-16(19(27)25(18(15)26)9-12-4-3-7-29-12)21(24-17)13-8-11(22)5-6-14(13)23-20(21)28/h5-6,8,10,12,15-17,24H,3-4,7,9H2,1-2H3,(H,23,28). The molecule has 0 aliphatic carbocycles. The number of imide groups is 1. The molecule has 8 heteroatoms. The van der Waals surface area contributed by atoms with Crippen LogP contribution in [0.15, 0.2) is 18.2 Å². The Labute approximate surface area is 174 Å². The van der Waals surface area contributed by atoms with Crippen molar-refractivity contribution in [2.45, 2.75) is 44.4 Å². The van der Waals surface area contributed by atoms with Crippen LogP contribution >= 0.6 is 11.6 Å². The summed E-state index contributed by atoms with van der Waals surface area (Å²) in [5, 5.41) is 6.78. The van der Waals surface area contributed by atoms with E-state index in [-0.39, 0.29) is 42.3 Å². The van der Waals surface area contributed by atoms with Crippen LogP contribution in [-0.4, -0.2) is 47.9 Å². The van der Waals surface area contributed by atoms with Crippen molar-refractivity contribution in [2.75, 3.05) is 18.5 Å². The fourth-order valence-corrected chi connectivity index (χ4v) is 5.68. The topological polar surface area (TPSA) is 87.7 Å². The van der Waals surface area contributed by atoms with E-state index >= 15 is 0 Å². The zero-order valence-electron chi connectivity index (χ0n) is 16.4. The van der Waals surface area contributed by atoms with Gasteiger partial charge >= 0.3 is 0 Å². The zero-order valence-corrected chi connectivity index (χ0v) is 17.2. The smallest absolute Gasteiger partial charge is 0.250 e. The van der Waals surface area contributed by atoms with Crippen molar-refractivity contribution < 1.29 is 19.1 Å². The first-order valence-electron chi connectivity index (χ1n) is 10.2. The number of anilines is 1. The molecular formula is C21H24ClN3O4. The van der Waals surface area contributed by atoms with E-state index in [1.807, 2.05) is 13.8 Å². The first-order valence-corrected chi connectivity index (χ1v) is 10.6. The fourth-order valence-electron chi connectivity index (χ4n) is 5.51. The van der Waals surface area contributed by atoms with E-state index in [0.29, 0.717) is 22.9 Å². The van der Waals surface area contributed by atoms with Crippen LogP contribution in [0, 0.1) is 17.8 Å². The number of benzene rings is 1. The van der Waals surface area contributed by atoms with Crippen LogP contribution in [0.4, 0.5) is 5.69 Å². The van der Waals surface area contributed by atoms with Gasteiger partial charge in [0, 0.05) is 28.9 Å². The maximum absolute atomic E-state index is 13.6. The summed E-state index contributed by atoms with van der Waals surface area (Å²) in [7, 11) is 0. The molecular weight excluding hydrogens is 394 g/mol. The molecule has 1 aromatic carbocycles. The molecule has 2 N–H and O–H groups in total. The predicted octanol–water partition coefficient (Wildman–Crippen LogP) is 1.90. The third kappa shape index (κ3) is 2.54. The van der Waals surface area contributed by atoms with Gasteiger partial charge in [-0.1, -0.05) is 25.4 Å². The summed E-state index contributed by atoms with van der Waals surface area (Å²) in [6.45, 7) is 4.91. The molecule has 7 nitrogen and oxygen atoms in total. The normalized spacial score (nSPS) is 35.7. The second-order valence-electron chi connectivity index (χ2n) is 8.79. The Bertz CT molecular complexity index is 913. The lowest BCUT2D eigenvalue weighted by molar-refractivity contribution is -0.144. The lowest BCUT2D eigenvalue weighted by atomic mass is 9.76. The van der Waals surface area contributed by atoms with Crippen molar-refractivity contribution in [3.63, 3.8) is 0 Å². The molecule has 29 heavy (non-hydrogen) atoms. The number of nitrogens with zero attached hydrogens (tertiary/aromatic N) is 1. The van der Waals surface area contributed by atoms with Gasteiger partial charge in [-0.2, -0.15) is 0 Å². The molecule has 5 atom stereocenters. The molecule has 3 fully saturated rings. The number of hydrogen-bond acceptors (Lipinski definition) is 5. The van der Waals surface area contributed by atoms with Crippen LogP contribution in [0.5, 0.6) is 0 Å². The van der Waals surface area contributed by atoms with Crippen LogP contribution in [-0.2, 0) is 24.7 Å². The second kappa shape index (κ2) is 6.52. The molecule has 5 unspecified atom stereocenters. The summed E-state index contributed by atoms with van der Waals surface area (Å²) >= 11 is 6.24. The first kappa shape index (κ1) is 19.0. The average Bonchev–Trinajstić information content (AvgIpc) is 3.41. The zero-order chi connectivity index (χ0) is 20.5. The number of nitrogens with one attached hydrogen (secondary N) is 2. The maximum Gasteiger partial charge on any atom is 0.250 e. The van der Waals surface area contributed by atoms with E-state index in [0.717, 1.165) is 12.8 Å². The monoisotopic (exact) mass is 417 g/mol. The minimum absolute atomic E-state index is 0.0670. The van der Waals surface area contributed by atoms with Crippen LogP contribution in [0.3, 0.4) is 0 Å². The third-order valence-electron chi connectivity index (χ3n) is 6.83. The SMILES string of the molecule is CC(C)C1NC2(C(=O)Nc3ccc(Cl)cc32)C2C(=O)N(CC3CCCO3)C(=O)C12. The minimum atomic E-state index is -1.28. The van der Waals surface area contributed by atoms with Crippen LogP contribution < -0.4 is 10.6 Å². The van der Waals surface area contributed by atoms with E-state index in [4.69, 9.17) is 16.3 Å². The summed E-state index contributed by atoms with van der Waals surface area (Å²) < 4.78 is 5.66. The van der Waals surface area contributed by atoms with E-state index < -0.39 is 17.4 Å². The van der Waals surface area contributed by atoms with E-state index in [1.165, 1.54) is 4.90 Å². The number of fused-ring (bicyclic) bond motifs is 4. The van der Waals surface area contributed by atoms with Gasteiger partial charge in [-0.3, -0.25) is 24.6 Å². The Morgan fingerprint density at radius 1 is 1.28 bits per heavy atom. The van der Waals surface area contributed by atoms with Crippen molar-refractivity contribution in [3.05, 3.63) is 28.8 Å². The number of carbonyl (C=O) groups is 3. The fraction of sp³-hybridized carbons (Fsp3) is 0.571. The second-order valence-corrected chi connectivity index (χ2v) is 9.23. The van der Waals surface area contributed by atoms with Crippen molar-refractivity contribution in [1.82, 2.24) is 10.2 Å². The van der Waals surface area contributed by atoms with Gasteiger partial charge in [0.15, 0.2) is 0 Å². The van der Waals surface area contributed by atoms with Gasteiger partial charge in [0.25, 0.3) is 0 Å². The number of likely N-dealkylation sites (tertiary alicyclic amines) is 1. The molecule has 4 aliphatic rings. The van der Waals surface area contributed by atoms with Gasteiger partial charge < -0.3 is 10.1 Å². The molecule has 5 rings (SSSR count). The number of halogens is 1. The average molecular weight is 418 g/mol. The highest BCUT2D eigenvalue weighted by Gasteiger charge is 2.70. The number of ether oxygens (including phenoxy) is 1. The van der Waals surface area contributed by atoms with Crippen LogP contribution in [0.1, 0.15) is 32.3 Å². The molecule has 0 saturated carbocycles. The Balaban J connectivity index is 1.61. The predicted molar refractivity (Wildman–Crippen MR) is 106 cm³/mol. The highest BCUT2D eigenvalue weighted by atomic mass is 35.5. The van der Waals surface area contributed by atoms with Crippen molar-refractivity contribution in [2.24, 2.45) is 17.8 Å². The Morgan fingerprint density at radius 2 is 2.07 bits per heavy atom. The van der Waals surface area contributed by atoms with Crippen LogP contribution in [0.2, 0.25) is 5.02 Å². The molecule has 4 aliphatic heterocycles. The highest BCUT2D eigenvalue weighted by Crippen LogP contribution is 2.54. The summed E-state index contributed by atoms with van der Waals surface area (Å²) in [5.41, 5.74) is -0.00106. The Kier molecular flexibility index (Phi) is 4.28. The molecule has 4 heterocycles. The molecule has 1 spiro atoms. The Morgan fingerprint density at radius 3 is 2.76 bits per heavy atom. The van der Waals surface area contributed by atoms with Gasteiger partial charge in [0.1, 0.15) is 5.54 Å². The molecule has 3 amide bonds. The third-order valence-corrected chi connectivity index (χ3v) is 7.07. The van der Waals surface area contributed by atoms with Gasteiger partial charge in [-0.05, 0) is 37.0 Å². The first-order chi connectivity index (χ1) is 13.8. The lowest BCUT2D eigenvalue weighted by Gasteiger charge is -2.31.